The van der Waals surface area contributed by atoms with Crippen molar-refractivity contribution in [3.8, 4) is 22.6 Å². The van der Waals surface area contributed by atoms with Crippen LogP contribution < -0.4 is 0 Å². The predicted octanol–water partition coefficient (Wildman–Crippen LogP) is 4.62. The molecule has 1 aliphatic heterocycles. The van der Waals surface area contributed by atoms with E-state index in [4.69, 9.17) is 9.40 Å². The van der Waals surface area contributed by atoms with Crippen LogP contribution in [0.15, 0.2) is 59.0 Å². The molecule has 5 heteroatoms. The predicted molar refractivity (Wildman–Crippen MR) is 119 cm³/mol. The SMILES string of the molecule is CCN1C[C@@H](CN(C)Cc2nc(-c3ccc(-c4ccccc4)cc3)oc2C)CC1=O. The van der Waals surface area contributed by atoms with Crippen molar-refractivity contribution in [1.29, 1.82) is 0 Å². The number of nitrogens with zero attached hydrogens (tertiary/aromatic N) is 3. The van der Waals surface area contributed by atoms with Crippen LogP contribution in [0.25, 0.3) is 22.6 Å². The van der Waals surface area contributed by atoms with Crippen molar-refractivity contribution in [2.75, 3.05) is 26.7 Å². The number of hydrogen-bond acceptors (Lipinski definition) is 4. The Morgan fingerprint density at radius 3 is 2.40 bits per heavy atom. The van der Waals surface area contributed by atoms with E-state index < -0.39 is 0 Å². The standard InChI is InChI=1S/C25H29N3O2/c1-4-28-16-19(14-24(28)29)15-27(3)17-23-18(2)30-25(26-23)22-12-10-21(11-13-22)20-8-6-5-7-9-20/h5-13,19H,4,14-17H2,1-3H3/t19-/m1/s1. The Labute approximate surface area is 178 Å². The lowest BCUT2D eigenvalue weighted by Crippen LogP contribution is -2.28. The molecule has 0 aliphatic carbocycles. The van der Waals surface area contributed by atoms with Gasteiger partial charge in [0, 0.05) is 38.2 Å². The maximum atomic E-state index is 12.0. The lowest BCUT2D eigenvalue weighted by atomic mass is 10.0. The molecule has 2 heterocycles. The molecule has 1 amide bonds. The van der Waals surface area contributed by atoms with Gasteiger partial charge in [0.15, 0.2) is 0 Å². The smallest absolute Gasteiger partial charge is 0.226 e. The highest BCUT2D eigenvalue weighted by atomic mass is 16.4. The summed E-state index contributed by atoms with van der Waals surface area (Å²) in [4.78, 5) is 20.9. The Kier molecular flexibility index (Phi) is 6.00. The van der Waals surface area contributed by atoms with Crippen LogP contribution in [0.2, 0.25) is 0 Å². The minimum atomic E-state index is 0.273. The maximum absolute atomic E-state index is 12.0. The molecule has 0 saturated carbocycles. The highest BCUT2D eigenvalue weighted by Crippen LogP contribution is 2.26. The van der Waals surface area contributed by atoms with Gasteiger partial charge in [0.05, 0.1) is 5.69 Å². The number of aryl methyl sites for hydroxylation is 1. The summed E-state index contributed by atoms with van der Waals surface area (Å²) in [5, 5.41) is 0. The molecule has 1 fully saturated rings. The summed E-state index contributed by atoms with van der Waals surface area (Å²) in [6.45, 7) is 7.26. The first kappa shape index (κ1) is 20.4. The highest BCUT2D eigenvalue weighted by molar-refractivity contribution is 5.78. The first-order chi connectivity index (χ1) is 14.5. The zero-order valence-corrected chi connectivity index (χ0v) is 18.0. The van der Waals surface area contributed by atoms with Gasteiger partial charge in [0.1, 0.15) is 5.76 Å². The topological polar surface area (TPSA) is 49.6 Å². The summed E-state index contributed by atoms with van der Waals surface area (Å²) >= 11 is 0. The van der Waals surface area contributed by atoms with Crippen LogP contribution in [-0.4, -0.2) is 47.4 Å². The van der Waals surface area contributed by atoms with Crippen molar-refractivity contribution in [3.05, 3.63) is 66.1 Å². The second-order valence-electron chi connectivity index (χ2n) is 8.16. The molecule has 0 N–H and O–H groups in total. The van der Waals surface area contributed by atoms with Gasteiger partial charge in [0.2, 0.25) is 11.8 Å². The average Bonchev–Trinajstić information content (AvgIpc) is 3.30. The van der Waals surface area contributed by atoms with Crippen molar-refractivity contribution in [1.82, 2.24) is 14.8 Å². The van der Waals surface area contributed by atoms with E-state index in [9.17, 15) is 4.79 Å². The van der Waals surface area contributed by atoms with Crippen molar-refractivity contribution < 1.29 is 9.21 Å². The Balaban J connectivity index is 1.41. The van der Waals surface area contributed by atoms with E-state index in [1.165, 1.54) is 11.1 Å². The monoisotopic (exact) mass is 403 g/mol. The van der Waals surface area contributed by atoms with Gasteiger partial charge in [-0.1, -0.05) is 42.5 Å². The molecule has 0 spiro atoms. The summed E-state index contributed by atoms with van der Waals surface area (Å²) in [6, 6.07) is 18.7. The molecule has 1 atom stereocenters. The summed E-state index contributed by atoms with van der Waals surface area (Å²) in [7, 11) is 2.08. The Bertz CT molecular complexity index is 995. The number of amides is 1. The van der Waals surface area contributed by atoms with E-state index in [-0.39, 0.29) is 5.91 Å². The van der Waals surface area contributed by atoms with Gasteiger partial charge in [-0.3, -0.25) is 4.79 Å². The third kappa shape index (κ3) is 4.46. The average molecular weight is 404 g/mol. The van der Waals surface area contributed by atoms with Crippen LogP contribution in [-0.2, 0) is 11.3 Å². The van der Waals surface area contributed by atoms with Crippen molar-refractivity contribution in [2.24, 2.45) is 5.92 Å². The van der Waals surface area contributed by atoms with Gasteiger partial charge < -0.3 is 14.2 Å². The third-order valence-corrected chi connectivity index (χ3v) is 5.80. The van der Waals surface area contributed by atoms with Gasteiger partial charge in [-0.2, -0.15) is 0 Å². The quantitative estimate of drug-likeness (QED) is 0.578. The van der Waals surface area contributed by atoms with Crippen LogP contribution in [0, 0.1) is 12.8 Å². The maximum Gasteiger partial charge on any atom is 0.226 e. The number of rotatable bonds is 7. The van der Waals surface area contributed by atoms with Crippen molar-refractivity contribution in [3.63, 3.8) is 0 Å². The van der Waals surface area contributed by atoms with Crippen LogP contribution in [0.1, 0.15) is 24.8 Å². The minimum absolute atomic E-state index is 0.273. The third-order valence-electron chi connectivity index (χ3n) is 5.80. The summed E-state index contributed by atoms with van der Waals surface area (Å²) in [5.74, 6) is 2.17. The first-order valence-corrected chi connectivity index (χ1v) is 10.6. The van der Waals surface area contributed by atoms with Gasteiger partial charge in [-0.15, -0.1) is 0 Å². The summed E-state index contributed by atoms with van der Waals surface area (Å²) in [6.07, 6.45) is 0.648. The number of benzene rings is 2. The zero-order valence-electron chi connectivity index (χ0n) is 18.0. The number of oxazole rings is 1. The molecular formula is C25H29N3O2. The summed E-state index contributed by atoms with van der Waals surface area (Å²) in [5.41, 5.74) is 4.31. The largest absolute Gasteiger partial charge is 0.441 e. The first-order valence-electron chi connectivity index (χ1n) is 10.6. The van der Waals surface area contributed by atoms with Crippen molar-refractivity contribution >= 4 is 5.91 Å². The number of carbonyl (C=O) groups excluding carboxylic acids is 1. The van der Waals surface area contributed by atoms with E-state index in [0.29, 0.717) is 24.8 Å². The molecule has 1 aliphatic rings. The Morgan fingerprint density at radius 2 is 1.73 bits per heavy atom. The normalized spacial score (nSPS) is 16.6. The molecule has 4 rings (SSSR count). The fourth-order valence-corrected chi connectivity index (χ4v) is 4.18. The lowest BCUT2D eigenvalue weighted by molar-refractivity contribution is -0.127. The Morgan fingerprint density at radius 1 is 1.07 bits per heavy atom. The second-order valence-corrected chi connectivity index (χ2v) is 8.16. The second kappa shape index (κ2) is 8.84. The van der Waals surface area contributed by atoms with Crippen LogP contribution in [0.4, 0.5) is 0 Å². The number of carbonyl (C=O) groups is 1. The van der Waals surface area contributed by atoms with Gasteiger partial charge >= 0.3 is 0 Å². The fraction of sp³-hybridized carbons (Fsp3) is 0.360. The van der Waals surface area contributed by atoms with Gasteiger partial charge in [0.25, 0.3) is 0 Å². The van der Waals surface area contributed by atoms with E-state index in [2.05, 4.69) is 48.3 Å². The molecule has 2 aromatic carbocycles. The highest BCUT2D eigenvalue weighted by Gasteiger charge is 2.29. The molecule has 0 radical (unpaired) electrons. The Hall–Kier alpha value is -2.92. The molecule has 5 nitrogen and oxygen atoms in total. The van der Waals surface area contributed by atoms with Crippen LogP contribution >= 0.6 is 0 Å². The fourth-order valence-electron chi connectivity index (χ4n) is 4.18. The molecule has 0 unspecified atom stereocenters. The molecule has 3 aromatic rings. The molecule has 0 bridgehead atoms. The zero-order chi connectivity index (χ0) is 21.1. The number of hydrogen-bond donors (Lipinski definition) is 0. The number of likely N-dealkylation sites (tertiary alicyclic amines) is 1. The van der Waals surface area contributed by atoms with Gasteiger partial charge in [-0.25, -0.2) is 4.98 Å². The summed E-state index contributed by atoms with van der Waals surface area (Å²) < 4.78 is 5.97. The van der Waals surface area contributed by atoms with Crippen LogP contribution in [0.3, 0.4) is 0 Å². The van der Waals surface area contributed by atoms with Gasteiger partial charge in [-0.05, 0) is 50.1 Å². The molecule has 1 saturated heterocycles. The lowest BCUT2D eigenvalue weighted by Gasteiger charge is -2.20. The molecule has 30 heavy (non-hydrogen) atoms. The van der Waals surface area contributed by atoms with E-state index in [1.807, 2.05) is 36.9 Å². The van der Waals surface area contributed by atoms with Crippen LogP contribution in [0.5, 0.6) is 0 Å². The molecular weight excluding hydrogens is 374 g/mol. The molecule has 156 valence electrons. The van der Waals surface area contributed by atoms with E-state index in [0.717, 1.165) is 36.7 Å². The van der Waals surface area contributed by atoms with E-state index >= 15 is 0 Å². The number of aromatic nitrogens is 1. The molecule has 1 aromatic heterocycles. The van der Waals surface area contributed by atoms with Crippen molar-refractivity contribution in [2.45, 2.75) is 26.8 Å². The minimum Gasteiger partial charge on any atom is -0.441 e. The van der Waals surface area contributed by atoms with E-state index in [1.54, 1.807) is 0 Å².